The van der Waals surface area contributed by atoms with E-state index in [0.29, 0.717) is 24.8 Å². The molecule has 1 aliphatic rings. The molecular weight excluding hydrogens is 759 g/mol. The Bertz CT molecular complexity index is 1540. The van der Waals surface area contributed by atoms with Crippen molar-refractivity contribution in [1.29, 1.82) is 0 Å². The van der Waals surface area contributed by atoms with Crippen LogP contribution in [0.5, 0.6) is 0 Å². The van der Waals surface area contributed by atoms with Crippen LogP contribution in [0.25, 0.3) is 0 Å². The molecule has 0 aromatic carbocycles. The van der Waals surface area contributed by atoms with Gasteiger partial charge in [0, 0.05) is 38.6 Å². The quantitative estimate of drug-likeness (QED) is 0.238. The van der Waals surface area contributed by atoms with Crippen molar-refractivity contribution >= 4 is 41.5 Å². The number of carbonyl (C=O) groups is 7. The Labute approximate surface area is 353 Å². The van der Waals surface area contributed by atoms with Crippen molar-refractivity contribution in [2.45, 2.75) is 158 Å². The SMILES string of the molecule is CC/C=C(\C)[C@H]1OC(=O)[C@H](C)N(C)C(=O)[C@H](C(C)C)NC(=O)CN(C)C(=O)[C@H]([C@H](C)CC)N(C)C(=O)[C@H](C(C)C)NC(=O)[C@H]([C@@H](C)CC)OC(=O)/C(C)=C/C[C@H](O)[C@@H]1C. The molecule has 15 heteroatoms. The Morgan fingerprint density at radius 1 is 0.814 bits per heavy atom. The zero-order valence-corrected chi connectivity index (χ0v) is 38.6. The average molecular weight is 834 g/mol. The van der Waals surface area contributed by atoms with E-state index in [2.05, 4.69) is 10.6 Å². The second-order valence-corrected chi connectivity index (χ2v) is 17.1. The van der Waals surface area contributed by atoms with E-state index in [-0.39, 0.29) is 17.9 Å². The maximum Gasteiger partial charge on any atom is 0.334 e. The van der Waals surface area contributed by atoms with Crippen molar-refractivity contribution in [3.05, 3.63) is 23.3 Å². The van der Waals surface area contributed by atoms with E-state index >= 15 is 0 Å². The number of likely N-dealkylation sites (N-methyl/N-ethyl adjacent to an activating group) is 3. The van der Waals surface area contributed by atoms with Crippen LogP contribution in [0.4, 0.5) is 0 Å². The van der Waals surface area contributed by atoms with Gasteiger partial charge < -0.3 is 39.9 Å². The summed E-state index contributed by atoms with van der Waals surface area (Å²) in [6.07, 6.45) is 1.75. The lowest BCUT2D eigenvalue weighted by Gasteiger charge is -2.37. The van der Waals surface area contributed by atoms with Crippen LogP contribution in [0.15, 0.2) is 23.3 Å². The number of carbonyl (C=O) groups excluding carboxylic acids is 7. The van der Waals surface area contributed by atoms with E-state index in [1.54, 1.807) is 48.5 Å². The van der Waals surface area contributed by atoms with Crippen molar-refractivity contribution in [2.75, 3.05) is 27.7 Å². The third-order valence-electron chi connectivity index (χ3n) is 11.7. The molecule has 1 aliphatic heterocycles. The van der Waals surface area contributed by atoms with Gasteiger partial charge >= 0.3 is 11.9 Å². The van der Waals surface area contributed by atoms with Gasteiger partial charge in [-0.2, -0.15) is 0 Å². The van der Waals surface area contributed by atoms with E-state index < -0.39 is 114 Å². The standard InChI is InChI=1S/C44H75N5O10/c1-17-20-28(10)37-30(12)32(50)22-21-29(11)43(56)59-38(27(9)19-3)39(52)46-35(25(6)7)41(54)49(16)36(26(8)18-2)42(55)47(14)23-33(51)45-34(24(4)5)40(53)48(15)31(13)44(57)58-37/h20-21,24-27,30-32,34-38,50H,17-19,22-23H2,1-16H3,(H,45,51)(H,46,52)/b28-20+,29-21+/t26-,27+,30+,31+,32+,34+,35+,36+,37-,38+/m1/s1. The summed E-state index contributed by atoms with van der Waals surface area (Å²) in [5, 5.41) is 16.9. The molecule has 0 spiro atoms. The number of esters is 2. The second-order valence-electron chi connectivity index (χ2n) is 17.1. The Morgan fingerprint density at radius 2 is 1.34 bits per heavy atom. The van der Waals surface area contributed by atoms with E-state index in [1.807, 2.05) is 33.8 Å². The number of hydrogen-bond donors (Lipinski definition) is 3. The third-order valence-corrected chi connectivity index (χ3v) is 11.7. The van der Waals surface area contributed by atoms with Gasteiger partial charge in [0.15, 0.2) is 6.10 Å². The summed E-state index contributed by atoms with van der Waals surface area (Å²) in [6, 6.07) is -4.26. The highest BCUT2D eigenvalue weighted by Crippen LogP contribution is 2.25. The molecule has 15 nitrogen and oxygen atoms in total. The van der Waals surface area contributed by atoms with Crippen LogP contribution < -0.4 is 10.6 Å². The highest BCUT2D eigenvalue weighted by molar-refractivity contribution is 5.96. The molecular formula is C44H75N5O10. The first-order valence-electron chi connectivity index (χ1n) is 21.2. The molecule has 1 heterocycles. The second kappa shape index (κ2) is 24.1. The minimum Gasteiger partial charge on any atom is -0.456 e. The number of nitrogens with one attached hydrogen (secondary N) is 2. The summed E-state index contributed by atoms with van der Waals surface area (Å²) in [4.78, 5) is 101. The Hall–Kier alpha value is -4.27. The topological polar surface area (TPSA) is 192 Å². The van der Waals surface area contributed by atoms with Crippen molar-refractivity contribution in [2.24, 2.45) is 29.6 Å². The molecule has 0 saturated heterocycles. The molecule has 0 radical (unpaired) electrons. The van der Waals surface area contributed by atoms with Gasteiger partial charge in [0.1, 0.15) is 30.3 Å². The van der Waals surface area contributed by atoms with Crippen LogP contribution >= 0.6 is 0 Å². The van der Waals surface area contributed by atoms with Crippen molar-refractivity contribution in [3.8, 4) is 0 Å². The fraction of sp³-hybridized carbons (Fsp3) is 0.750. The van der Waals surface area contributed by atoms with Gasteiger partial charge in [0.2, 0.25) is 23.6 Å². The lowest BCUT2D eigenvalue weighted by molar-refractivity contribution is -0.160. The molecule has 0 saturated carbocycles. The highest BCUT2D eigenvalue weighted by atomic mass is 16.6. The Kier molecular flexibility index (Phi) is 21.5. The van der Waals surface area contributed by atoms with E-state index in [9.17, 15) is 38.7 Å². The van der Waals surface area contributed by atoms with Crippen LogP contribution in [0.3, 0.4) is 0 Å². The summed E-state index contributed by atoms with van der Waals surface area (Å²) in [7, 11) is 4.36. The summed E-state index contributed by atoms with van der Waals surface area (Å²) in [5.41, 5.74) is 0.833. The molecule has 59 heavy (non-hydrogen) atoms. The lowest BCUT2D eigenvalue weighted by Crippen LogP contribution is -2.60. The number of cyclic esters (lactones) is 2. The molecule has 0 unspecified atom stereocenters. The van der Waals surface area contributed by atoms with Crippen molar-refractivity contribution < 1.29 is 48.1 Å². The first-order chi connectivity index (χ1) is 27.4. The number of aliphatic hydroxyl groups excluding tert-OH is 1. The van der Waals surface area contributed by atoms with Gasteiger partial charge in [-0.05, 0) is 63.4 Å². The van der Waals surface area contributed by atoms with Gasteiger partial charge in [-0.25, -0.2) is 9.59 Å². The van der Waals surface area contributed by atoms with E-state index in [4.69, 9.17) is 9.47 Å². The fourth-order valence-electron chi connectivity index (χ4n) is 6.86. The molecule has 5 amide bonds. The summed E-state index contributed by atoms with van der Waals surface area (Å²) in [5.74, 6) is -6.70. The van der Waals surface area contributed by atoms with Gasteiger partial charge in [-0.3, -0.25) is 24.0 Å². The van der Waals surface area contributed by atoms with Gasteiger partial charge in [-0.1, -0.05) is 87.8 Å². The molecule has 1 rings (SSSR count). The molecule has 10 atom stereocenters. The smallest absolute Gasteiger partial charge is 0.334 e. The predicted octanol–water partition coefficient (Wildman–Crippen LogP) is 4.02. The van der Waals surface area contributed by atoms with Gasteiger partial charge in [0.25, 0.3) is 5.91 Å². The maximum atomic E-state index is 14.2. The minimum atomic E-state index is -1.26. The zero-order valence-electron chi connectivity index (χ0n) is 38.6. The van der Waals surface area contributed by atoms with Gasteiger partial charge in [-0.15, -0.1) is 0 Å². The number of amides is 5. The zero-order chi connectivity index (χ0) is 45.6. The largest absolute Gasteiger partial charge is 0.456 e. The van der Waals surface area contributed by atoms with Crippen molar-refractivity contribution in [3.63, 3.8) is 0 Å². The number of allylic oxidation sites excluding steroid dienone is 1. The van der Waals surface area contributed by atoms with E-state index in [1.165, 1.54) is 55.8 Å². The monoisotopic (exact) mass is 834 g/mol. The predicted molar refractivity (Wildman–Crippen MR) is 226 cm³/mol. The lowest BCUT2D eigenvalue weighted by atomic mass is 9.90. The normalized spacial score (nSPS) is 29.7. The van der Waals surface area contributed by atoms with Crippen LogP contribution in [-0.2, 0) is 43.0 Å². The maximum absolute atomic E-state index is 14.2. The van der Waals surface area contributed by atoms with Gasteiger partial charge in [0.05, 0.1) is 12.6 Å². The Balaban J connectivity index is 3.89. The first kappa shape index (κ1) is 52.7. The molecule has 0 fully saturated rings. The van der Waals surface area contributed by atoms with Crippen LogP contribution in [-0.4, -0.2) is 131 Å². The molecule has 0 aromatic rings. The highest BCUT2D eigenvalue weighted by Gasteiger charge is 2.40. The minimum absolute atomic E-state index is 0.0129. The number of ether oxygens (including phenoxy) is 2. The summed E-state index contributed by atoms with van der Waals surface area (Å²) in [6.45, 7) is 22.3. The molecule has 0 bridgehead atoms. The number of rotatable bonds is 8. The molecule has 336 valence electrons. The summed E-state index contributed by atoms with van der Waals surface area (Å²) >= 11 is 0. The average Bonchev–Trinajstić information content (AvgIpc) is 3.18. The third kappa shape index (κ3) is 14.5. The van der Waals surface area contributed by atoms with Crippen LogP contribution in [0, 0.1) is 29.6 Å². The number of hydrogen-bond acceptors (Lipinski definition) is 10. The fourth-order valence-corrected chi connectivity index (χ4v) is 6.86. The van der Waals surface area contributed by atoms with Crippen LogP contribution in [0.2, 0.25) is 0 Å². The van der Waals surface area contributed by atoms with Crippen molar-refractivity contribution in [1.82, 2.24) is 25.3 Å². The van der Waals surface area contributed by atoms with Crippen LogP contribution in [0.1, 0.15) is 116 Å². The summed E-state index contributed by atoms with van der Waals surface area (Å²) < 4.78 is 11.8. The molecule has 0 aromatic heterocycles. The van der Waals surface area contributed by atoms with E-state index in [0.717, 1.165) is 0 Å². The number of aliphatic hydroxyl groups is 1. The molecule has 3 N–H and O–H groups in total. The first-order valence-corrected chi connectivity index (χ1v) is 21.2. The molecule has 0 aliphatic carbocycles. The Morgan fingerprint density at radius 3 is 1.85 bits per heavy atom. The number of nitrogens with zero attached hydrogens (tertiary/aromatic N) is 3.